The van der Waals surface area contributed by atoms with Crippen LogP contribution < -0.4 is 5.32 Å². The normalized spacial score (nSPS) is 19.2. The van der Waals surface area contributed by atoms with E-state index in [1.165, 1.54) is 5.75 Å². The van der Waals surface area contributed by atoms with Gasteiger partial charge in [-0.25, -0.2) is 0 Å². The lowest BCUT2D eigenvalue weighted by atomic mass is 10.2. The van der Waals surface area contributed by atoms with Gasteiger partial charge in [0, 0.05) is 26.1 Å². The van der Waals surface area contributed by atoms with E-state index in [-0.39, 0.29) is 12.4 Å². The first kappa shape index (κ1) is 16.1. The molecular formula is C11H23ClN2OS. The van der Waals surface area contributed by atoms with Crippen molar-refractivity contribution in [3.8, 4) is 0 Å². The highest BCUT2D eigenvalue weighted by Crippen LogP contribution is 2.10. The maximum Gasteiger partial charge on any atom is 0.222 e. The fourth-order valence-corrected chi connectivity index (χ4v) is 2.37. The molecule has 96 valence electrons. The van der Waals surface area contributed by atoms with Crippen molar-refractivity contribution in [2.45, 2.75) is 31.7 Å². The number of amides is 1. The van der Waals surface area contributed by atoms with Crippen LogP contribution in [0.15, 0.2) is 0 Å². The average molecular weight is 267 g/mol. The van der Waals surface area contributed by atoms with Gasteiger partial charge in [0.1, 0.15) is 0 Å². The summed E-state index contributed by atoms with van der Waals surface area (Å²) >= 11 is 1.85. The number of halogens is 1. The van der Waals surface area contributed by atoms with Gasteiger partial charge < -0.3 is 10.2 Å². The van der Waals surface area contributed by atoms with Crippen molar-refractivity contribution in [2.24, 2.45) is 0 Å². The van der Waals surface area contributed by atoms with Crippen LogP contribution in [0, 0.1) is 0 Å². The predicted octanol–water partition coefficient (Wildman–Crippen LogP) is 1.76. The smallest absolute Gasteiger partial charge is 0.222 e. The molecule has 1 unspecified atom stereocenters. The van der Waals surface area contributed by atoms with E-state index in [4.69, 9.17) is 0 Å². The number of carbonyl (C=O) groups is 1. The number of hydrogen-bond donors (Lipinski definition) is 1. The molecular weight excluding hydrogens is 244 g/mol. The zero-order valence-electron chi connectivity index (χ0n) is 10.2. The second kappa shape index (κ2) is 9.14. The van der Waals surface area contributed by atoms with Crippen LogP contribution in [0.2, 0.25) is 0 Å². The molecule has 0 radical (unpaired) electrons. The Labute approximate surface area is 109 Å². The SMILES string of the molecule is CSCCCCC(=O)N(C)C1CCNC1.Cl. The van der Waals surface area contributed by atoms with E-state index in [0.29, 0.717) is 18.4 Å². The van der Waals surface area contributed by atoms with E-state index in [0.717, 1.165) is 32.4 Å². The summed E-state index contributed by atoms with van der Waals surface area (Å²) in [7, 11) is 1.94. The second-order valence-corrected chi connectivity index (χ2v) is 5.09. The number of thioether (sulfide) groups is 1. The first-order chi connectivity index (χ1) is 7.25. The van der Waals surface area contributed by atoms with E-state index < -0.39 is 0 Å². The van der Waals surface area contributed by atoms with Crippen molar-refractivity contribution in [1.82, 2.24) is 10.2 Å². The highest BCUT2D eigenvalue weighted by atomic mass is 35.5. The van der Waals surface area contributed by atoms with Gasteiger partial charge in [0.15, 0.2) is 0 Å². The summed E-state index contributed by atoms with van der Waals surface area (Å²) in [6.45, 7) is 2.02. The summed E-state index contributed by atoms with van der Waals surface area (Å²) in [6.07, 6.45) is 6.12. The van der Waals surface area contributed by atoms with Gasteiger partial charge in [-0.2, -0.15) is 11.8 Å². The lowest BCUT2D eigenvalue weighted by Crippen LogP contribution is -2.38. The minimum atomic E-state index is 0. The molecule has 0 aromatic carbocycles. The van der Waals surface area contributed by atoms with Crippen LogP contribution in [0.25, 0.3) is 0 Å². The molecule has 0 aromatic rings. The Kier molecular flexibility index (Phi) is 9.18. The Morgan fingerprint density at radius 2 is 2.25 bits per heavy atom. The van der Waals surface area contributed by atoms with Crippen molar-refractivity contribution >= 4 is 30.1 Å². The summed E-state index contributed by atoms with van der Waals surface area (Å²) < 4.78 is 0. The molecule has 0 spiro atoms. The molecule has 1 saturated heterocycles. The Morgan fingerprint density at radius 3 is 2.81 bits per heavy atom. The van der Waals surface area contributed by atoms with Crippen molar-refractivity contribution < 1.29 is 4.79 Å². The van der Waals surface area contributed by atoms with Crippen molar-refractivity contribution in [3.05, 3.63) is 0 Å². The van der Waals surface area contributed by atoms with Crippen LogP contribution in [-0.2, 0) is 4.79 Å². The fourth-order valence-electron chi connectivity index (χ4n) is 1.87. The third-order valence-corrected chi connectivity index (χ3v) is 3.66. The van der Waals surface area contributed by atoms with Crippen LogP contribution >= 0.6 is 24.2 Å². The van der Waals surface area contributed by atoms with Gasteiger partial charge in [0.2, 0.25) is 5.91 Å². The van der Waals surface area contributed by atoms with Crippen LogP contribution in [0.4, 0.5) is 0 Å². The number of hydrogen-bond acceptors (Lipinski definition) is 3. The molecule has 1 amide bonds. The Balaban J connectivity index is 0.00000225. The highest BCUT2D eigenvalue weighted by Gasteiger charge is 2.22. The summed E-state index contributed by atoms with van der Waals surface area (Å²) in [5.41, 5.74) is 0. The van der Waals surface area contributed by atoms with E-state index in [1.54, 1.807) is 0 Å². The number of carbonyl (C=O) groups excluding carboxylic acids is 1. The summed E-state index contributed by atoms with van der Waals surface area (Å²) in [5, 5.41) is 3.29. The number of nitrogens with zero attached hydrogens (tertiary/aromatic N) is 1. The lowest BCUT2D eigenvalue weighted by Gasteiger charge is -2.23. The van der Waals surface area contributed by atoms with Crippen molar-refractivity contribution in [1.29, 1.82) is 0 Å². The second-order valence-electron chi connectivity index (χ2n) is 4.10. The van der Waals surface area contributed by atoms with Gasteiger partial charge in [-0.05, 0) is 37.8 Å². The Bertz CT molecular complexity index is 198. The van der Waals surface area contributed by atoms with Crippen LogP contribution in [0.5, 0.6) is 0 Å². The third-order valence-electron chi connectivity index (χ3n) is 2.96. The number of nitrogens with one attached hydrogen (secondary N) is 1. The molecule has 0 aromatic heterocycles. The highest BCUT2D eigenvalue weighted by molar-refractivity contribution is 7.98. The number of unbranched alkanes of at least 4 members (excludes halogenated alkanes) is 1. The zero-order chi connectivity index (χ0) is 11.1. The van der Waals surface area contributed by atoms with E-state index in [2.05, 4.69) is 11.6 Å². The standard InChI is InChI=1S/C11H22N2OS.ClH/c1-13(10-6-7-12-9-10)11(14)5-3-4-8-15-2;/h10,12H,3-9H2,1-2H3;1H. The summed E-state index contributed by atoms with van der Waals surface area (Å²) in [4.78, 5) is 13.7. The topological polar surface area (TPSA) is 32.3 Å². The van der Waals surface area contributed by atoms with Crippen molar-refractivity contribution in [3.63, 3.8) is 0 Å². The minimum Gasteiger partial charge on any atom is -0.341 e. The molecule has 0 saturated carbocycles. The van der Waals surface area contributed by atoms with Gasteiger partial charge in [0.05, 0.1) is 0 Å². The molecule has 1 aliphatic heterocycles. The average Bonchev–Trinajstić information content (AvgIpc) is 2.76. The molecule has 5 heteroatoms. The molecule has 1 N–H and O–H groups in total. The molecule has 3 nitrogen and oxygen atoms in total. The quantitative estimate of drug-likeness (QED) is 0.744. The van der Waals surface area contributed by atoms with Crippen LogP contribution in [0.3, 0.4) is 0 Å². The van der Waals surface area contributed by atoms with Gasteiger partial charge in [-0.15, -0.1) is 12.4 Å². The first-order valence-electron chi connectivity index (χ1n) is 5.71. The summed E-state index contributed by atoms with van der Waals surface area (Å²) in [5.74, 6) is 1.48. The maximum absolute atomic E-state index is 11.8. The number of likely N-dealkylation sites (N-methyl/N-ethyl adjacent to an activating group) is 1. The molecule has 1 aliphatic rings. The predicted molar refractivity (Wildman–Crippen MR) is 73.5 cm³/mol. The fraction of sp³-hybridized carbons (Fsp3) is 0.909. The third kappa shape index (κ3) is 5.41. The van der Waals surface area contributed by atoms with Crippen molar-refractivity contribution in [2.75, 3.05) is 32.1 Å². The van der Waals surface area contributed by atoms with Gasteiger partial charge in [-0.1, -0.05) is 0 Å². The largest absolute Gasteiger partial charge is 0.341 e. The van der Waals surface area contributed by atoms with Crippen LogP contribution in [-0.4, -0.2) is 49.0 Å². The lowest BCUT2D eigenvalue weighted by molar-refractivity contribution is -0.131. The molecule has 1 fully saturated rings. The molecule has 16 heavy (non-hydrogen) atoms. The van der Waals surface area contributed by atoms with Gasteiger partial charge >= 0.3 is 0 Å². The van der Waals surface area contributed by atoms with Gasteiger partial charge in [-0.3, -0.25) is 4.79 Å². The Hall–Kier alpha value is 0.0700. The molecule has 1 heterocycles. The minimum absolute atomic E-state index is 0. The molecule has 1 atom stereocenters. The zero-order valence-corrected chi connectivity index (χ0v) is 11.8. The Morgan fingerprint density at radius 1 is 1.50 bits per heavy atom. The summed E-state index contributed by atoms with van der Waals surface area (Å²) in [6, 6.07) is 0.429. The molecule has 0 aliphatic carbocycles. The molecule has 1 rings (SSSR count). The van der Waals surface area contributed by atoms with E-state index in [9.17, 15) is 4.79 Å². The monoisotopic (exact) mass is 266 g/mol. The first-order valence-corrected chi connectivity index (χ1v) is 7.10. The van der Waals surface area contributed by atoms with E-state index >= 15 is 0 Å². The van der Waals surface area contributed by atoms with E-state index in [1.807, 2.05) is 23.7 Å². The maximum atomic E-state index is 11.8. The molecule has 0 bridgehead atoms. The number of rotatable bonds is 6. The van der Waals surface area contributed by atoms with Crippen LogP contribution in [0.1, 0.15) is 25.7 Å². The van der Waals surface area contributed by atoms with Gasteiger partial charge in [0.25, 0.3) is 0 Å².